The van der Waals surface area contributed by atoms with Crippen molar-refractivity contribution >= 4 is 32.9 Å². The van der Waals surface area contributed by atoms with Crippen molar-refractivity contribution < 1.29 is 13.2 Å². The molecule has 2 aromatic rings. The van der Waals surface area contributed by atoms with Crippen LogP contribution in [0.25, 0.3) is 0 Å². The normalized spacial score (nSPS) is 21.9. The molecule has 2 aromatic carbocycles. The van der Waals surface area contributed by atoms with Gasteiger partial charge in [0.2, 0.25) is 0 Å². The lowest BCUT2D eigenvalue weighted by molar-refractivity contribution is 0.312. The average molecular weight is 523 g/mol. The van der Waals surface area contributed by atoms with Gasteiger partial charge in [-0.1, -0.05) is 18.2 Å². The Balaban J connectivity index is 1.42. The molecule has 1 N–H and O–H groups in total. The number of anilines is 2. The number of amidine groups is 2. The topological polar surface area (TPSA) is 89.8 Å². The second-order valence-corrected chi connectivity index (χ2v) is 11.8. The molecular formula is C27H34N6O3S. The highest BCUT2D eigenvalue weighted by molar-refractivity contribution is 7.90. The average Bonchev–Trinajstić information content (AvgIpc) is 3.25. The van der Waals surface area contributed by atoms with Crippen molar-refractivity contribution in [2.45, 2.75) is 23.4 Å². The van der Waals surface area contributed by atoms with Crippen LogP contribution in [0.1, 0.15) is 5.56 Å². The van der Waals surface area contributed by atoms with E-state index in [2.05, 4.69) is 46.4 Å². The van der Waals surface area contributed by atoms with Crippen molar-refractivity contribution in [1.82, 2.24) is 9.80 Å². The predicted molar refractivity (Wildman–Crippen MR) is 149 cm³/mol. The van der Waals surface area contributed by atoms with Crippen LogP contribution in [0.15, 0.2) is 69.6 Å². The molecule has 0 spiro atoms. The first kappa shape index (κ1) is 25.3. The maximum absolute atomic E-state index is 12.4. The van der Waals surface area contributed by atoms with Gasteiger partial charge in [-0.15, -0.1) is 0 Å². The quantitative estimate of drug-likeness (QED) is 0.624. The third kappa shape index (κ3) is 5.35. The van der Waals surface area contributed by atoms with Crippen LogP contribution in [-0.2, 0) is 16.3 Å². The molecule has 196 valence electrons. The summed E-state index contributed by atoms with van der Waals surface area (Å²) in [6, 6.07) is 13.0. The van der Waals surface area contributed by atoms with Crippen molar-refractivity contribution in [2.24, 2.45) is 9.98 Å². The number of benzene rings is 2. The number of fused-ring (bicyclic) bond motifs is 1. The maximum Gasteiger partial charge on any atom is 0.177 e. The molecule has 2 unspecified atom stereocenters. The molecule has 0 radical (unpaired) electrons. The fourth-order valence-electron chi connectivity index (χ4n) is 5.07. The Kier molecular flexibility index (Phi) is 6.96. The van der Waals surface area contributed by atoms with Crippen LogP contribution in [0.5, 0.6) is 5.75 Å². The number of methoxy groups -OCH3 is 1. The molecule has 5 rings (SSSR count). The zero-order chi connectivity index (χ0) is 26.2. The van der Waals surface area contributed by atoms with Gasteiger partial charge in [-0.2, -0.15) is 0 Å². The van der Waals surface area contributed by atoms with E-state index in [1.54, 1.807) is 25.3 Å². The molecular weight excluding hydrogens is 488 g/mol. The van der Waals surface area contributed by atoms with Crippen LogP contribution in [0.4, 0.5) is 11.4 Å². The van der Waals surface area contributed by atoms with Crippen molar-refractivity contribution in [3.8, 4) is 5.75 Å². The first-order valence-corrected chi connectivity index (χ1v) is 14.3. The maximum atomic E-state index is 12.4. The van der Waals surface area contributed by atoms with Gasteiger partial charge in [0.15, 0.2) is 9.84 Å². The number of sulfone groups is 1. The molecule has 1 fully saturated rings. The summed E-state index contributed by atoms with van der Waals surface area (Å²) in [5.74, 6) is 2.16. The number of ether oxygens (including phenoxy) is 1. The Hall–Kier alpha value is -3.37. The van der Waals surface area contributed by atoms with Gasteiger partial charge < -0.3 is 24.8 Å². The molecule has 0 bridgehead atoms. The summed E-state index contributed by atoms with van der Waals surface area (Å²) in [7, 11) is 2.41. The molecule has 2 atom stereocenters. The summed E-state index contributed by atoms with van der Waals surface area (Å²) >= 11 is 0. The smallest absolute Gasteiger partial charge is 0.177 e. The molecule has 3 heterocycles. The lowest BCUT2D eigenvalue weighted by Gasteiger charge is -2.34. The molecule has 9 nitrogen and oxygen atoms in total. The van der Waals surface area contributed by atoms with Gasteiger partial charge in [-0.25, -0.2) is 13.4 Å². The van der Waals surface area contributed by atoms with E-state index in [0.29, 0.717) is 23.8 Å². The number of likely N-dealkylation sites (N-methyl/N-ethyl adjacent to an activating group) is 2. The van der Waals surface area contributed by atoms with E-state index in [0.717, 1.165) is 43.2 Å². The van der Waals surface area contributed by atoms with E-state index in [-0.39, 0.29) is 17.0 Å². The van der Waals surface area contributed by atoms with Crippen LogP contribution in [0.3, 0.4) is 0 Å². The standard InChI is InChI=1S/C27H34N6O3S/c1-31-13-15-33(16-14-31)20-10-9-19(23(18-20)36-3)17-25-28-22-11-12-32(2)26(22)27(30-25)29-21-7-5-6-8-24(21)37(4,34)35/h5-12,18,22,26H,13-17H2,1-4H3,(H,28,29,30). The van der Waals surface area contributed by atoms with Crippen molar-refractivity contribution in [2.75, 3.05) is 63.9 Å². The zero-order valence-corrected chi connectivity index (χ0v) is 22.6. The van der Waals surface area contributed by atoms with Gasteiger partial charge in [0.25, 0.3) is 0 Å². The largest absolute Gasteiger partial charge is 0.496 e. The van der Waals surface area contributed by atoms with Gasteiger partial charge in [0, 0.05) is 63.2 Å². The summed E-state index contributed by atoms with van der Waals surface area (Å²) in [6.45, 7) is 4.06. The number of nitrogens with zero attached hydrogens (tertiary/aromatic N) is 5. The number of aliphatic imine (C=N–C) groups is 2. The van der Waals surface area contributed by atoms with E-state index < -0.39 is 9.84 Å². The van der Waals surface area contributed by atoms with E-state index in [4.69, 9.17) is 14.7 Å². The Morgan fingerprint density at radius 3 is 2.57 bits per heavy atom. The van der Waals surface area contributed by atoms with Crippen LogP contribution < -0.4 is 15.0 Å². The number of nitrogens with one attached hydrogen (secondary N) is 1. The SMILES string of the molecule is COc1cc(N2CCN(C)CC2)ccc1CC1=NC2C=CN(C)C2C(Nc2ccccc2S(C)(=O)=O)=N1. The first-order valence-electron chi connectivity index (χ1n) is 12.4. The highest BCUT2D eigenvalue weighted by Crippen LogP contribution is 2.30. The van der Waals surface area contributed by atoms with E-state index in [1.165, 1.54) is 6.26 Å². The first-order chi connectivity index (χ1) is 17.7. The molecule has 0 aliphatic carbocycles. The summed E-state index contributed by atoms with van der Waals surface area (Å²) < 4.78 is 30.5. The minimum Gasteiger partial charge on any atom is -0.496 e. The van der Waals surface area contributed by atoms with Gasteiger partial charge >= 0.3 is 0 Å². The molecule has 3 aliphatic heterocycles. The summed E-state index contributed by atoms with van der Waals surface area (Å²) in [5.41, 5.74) is 2.67. The fraction of sp³-hybridized carbons (Fsp3) is 0.407. The zero-order valence-electron chi connectivity index (χ0n) is 21.8. The summed E-state index contributed by atoms with van der Waals surface area (Å²) in [6.07, 6.45) is 5.77. The van der Waals surface area contributed by atoms with Gasteiger partial charge in [0.05, 0.1) is 23.7 Å². The molecule has 0 aromatic heterocycles. The highest BCUT2D eigenvalue weighted by atomic mass is 32.2. The molecule has 0 saturated carbocycles. The predicted octanol–water partition coefficient (Wildman–Crippen LogP) is 2.51. The Morgan fingerprint density at radius 1 is 1.08 bits per heavy atom. The number of hydrogen-bond acceptors (Lipinski definition) is 9. The summed E-state index contributed by atoms with van der Waals surface area (Å²) in [5, 5.41) is 3.32. The molecule has 3 aliphatic rings. The molecule has 37 heavy (non-hydrogen) atoms. The van der Waals surface area contributed by atoms with E-state index in [9.17, 15) is 8.42 Å². The molecule has 0 amide bonds. The number of hydrogen-bond donors (Lipinski definition) is 1. The van der Waals surface area contributed by atoms with Crippen LogP contribution in [0, 0.1) is 0 Å². The molecule has 1 saturated heterocycles. The second-order valence-electron chi connectivity index (χ2n) is 9.84. The van der Waals surface area contributed by atoms with Crippen LogP contribution in [-0.4, -0.2) is 95.6 Å². The van der Waals surface area contributed by atoms with Gasteiger partial charge in [-0.3, -0.25) is 4.99 Å². The van der Waals surface area contributed by atoms with Crippen LogP contribution in [0.2, 0.25) is 0 Å². The lowest BCUT2D eigenvalue weighted by atomic mass is 10.0. The Bertz CT molecular complexity index is 1360. The van der Waals surface area contributed by atoms with Crippen molar-refractivity contribution in [1.29, 1.82) is 0 Å². The van der Waals surface area contributed by atoms with Crippen molar-refractivity contribution in [3.63, 3.8) is 0 Å². The highest BCUT2D eigenvalue weighted by Gasteiger charge is 2.35. The van der Waals surface area contributed by atoms with Crippen LogP contribution >= 0.6 is 0 Å². The number of para-hydroxylation sites is 1. The van der Waals surface area contributed by atoms with Crippen molar-refractivity contribution in [3.05, 3.63) is 60.3 Å². The van der Waals surface area contributed by atoms with E-state index in [1.807, 2.05) is 24.2 Å². The fourth-order valence-corrected chi connectivity index (χ4v) is 5.91. The Labute approximate surface area is 219 Å². The van der Waals surface area contributed by atoms with Gasteiger partial charge in [0.1, 0.15) is 23.5 Å². The second kappa shape index (κ2) is 10.2. The number of rotatable bonds is 6. The minimum absolute atomic E-state index is 0.110. The minimum atomic E-state index is -3.41. The van der Waals surface area contributed by atoms with E-state index >= 15 is 0 Å². The van der Waals surface area contributed by atoms with Gasteiger partial charge in [-0.05, 0) is 37.5 Å². The Morgan fingerprint density at radius 2 is 1.84 bits per heavy atom. The molecule has 10 heteroatoms. The third-order valence-corrected chi connectivity index (χ3v) is 8.30. The summed E-state index contributed by atoms with van der Waals surface area (Å²) in [4.78, 5) is 16.8. The number of piperazine rings is 1. The monoisotopic (exact) mass is 522 g/mol. The lowest BCUT2D eigenvalue weighted by Crippen LogP contribution is -2.46. The third-order valence-electron chi connectivity index (χ3n) is 7.15.